The molecular formula is C20H27N3O3. The summed E-state index contributed by atoms with van der Waals surface area (Å²) in [6.45, 7) is 9.59. The van der Waals surface area contributed by atoms with Gasteiger partial charge in [-0.3, -0.25) is 14.4 Å². The van der Waals surface area contributed by atoms with Crippen LogP contribution in [0.3, 0.4) is 0 Å². The molecule has 2 rings (SSSR count). The topological polar surface area (TPSA) is 78.5 Å². The van der Waals surface area contributed by atoms with E-state index in [1.54, 1.807) is 23.1 Å². The van der Waals surface area contributed by atoms with Crippen LogP contribution in [0.15, 0.2) is 30.9 Å². The standard InChI is InChI=1S/C20H27N3O3/c1-5-6-11-20(3,4)22-19(26)18(25)21-16-10-9-15-8-7-12-23(14(2)24)17(15)13-16/h5,9-10,13H,1,6-8,11-12H2,2-4H3,(H,21,25)(H,22,26). The van der Waals surface area contributed by atoms with Crippen LogP contribution in [0.25, 0.3) is 0 Å². The minimum atomic E-state index is -0.721. The van der Waals surface area contributed by atoms with Crippen LogP contribution in [-0.2, 0) is 20.8 Å². The number of carbonyl (C=O) groups is 3. The molecule has 0 aliphatic carbocycles. The maximum absolute atomic E-state index is 12.2. The van der Waals surface area contributed by atoms with E-state index in [-0.39, 0.29) is 5.91 Å². The lowest BCUT2D eigenvalue weighted by molar-refractivity contribution is -0.137. The van der Waals surface area contributed by atoms with Crippen LogP contribution < -0.4 is 15.5 Å². The Morgan fingerprint density at radius 3 is 2.65 bits per heavy atom. The number of aryl methyl sites for hydroxylation is 1. The summed E-state index contributed by atoms with van der Waals surface area (Å²) in [5.41, 5.74) is 1.87. The fourth-order valence-corrected chi connectivity index (χ4v) is 3.06. The van der Waals surface area contributed by atoms with Crippen LogP contribution in [0.5, 0.6) is 0 Å². The van der Waals surface area contributed by atoms with Crippen molar-refractivity contribution in [2.45, 2.75) is 52.0 Å². The smallest absolute Gasteiger partial charge is 0.313 e. The van der Waals surface area contributed by atoms with Gasteiger partial charge in [-0.25, -0.2) is 0 Å². The molecule has 0 saturated heterocycles. The Balaban J connectivity index is 2.07. The van der Waals surface area contributed by atoms with Crippen LogP contribution in [-0.4, -0.2) is 29.8 Å². The van der Waals surface area contributed by atoms with E-state index in [0.717, 1.165) is 30.5 Å². The highest BCUT2D eigenvalue weighted by Crippen LogP contribution is 2.30. The molecule has 1 aliphatic rings. The van der Waals surface area contributed by atoms with Gasteiger partial charge in [0, 0.05) is 30.4 Å². The maximum Gasteiger partial charge on any atom is 0.313 e. The molecule has 0 fully saturated rings. The monoisotopic (exact) mass is 357 g/mol. The van der Waals surface area contributed by atoms with Crippen molar-refractivity contribution in [2.24, 2.45) is 0 Å². The number of nitrogens with one attached hydrogen (secondary N) is 2. The lowest BCUT2D eigenvalue weighted by atomic mass is 9.98. The first kappa shape index (κ1) is 19.7. The van der Waals surface area contributed by atoms with Crippen LogP contribution in [0.4, 0.5) is 11.4 Å². The van der Waals surface area contributed by atoms with Crippen molar-refractivity contribution in [1.29, 1.82) is 0 Å². The largest absolute Gasteiger partial charge is 0.343 e. The van der Waals surface area contributed by atoms with Crippen molar-refractivity contribution < 1.29 is 14.4 Å². The molecule has 1 aliphatic heterocycles. The van der Waals surface area contributed by atoms with Crippen molar-refractivity contribution in [3.8, 4) is 0 Å². The zero-order chi connectivity index (χ0) is 19.3. The quantitative estimate of drug-likeness (QED) is 0.628. The molecule has 0 spiro atoms. The van der Waals surface area contributed by atoms with Crippen LogP contribution in [0.1, 0.15) is 45.6 Å². The van der Waals surface area contributed by atoms with E-state index >= 15 is 0 Å². The van der Waals surface area contributed by atoms with E-state index in [1.807, 2.05) is 19.9 Å². The SMILES string of the molecule is C=CCCC(C)(C)NC(=O)C(=O)Nc1ccc2c(c1)N(C(C)=O)CCC2. The first-order valence-corrected chi connectivity index (χ1v) is 8.89. The van der Waals surface area contributed by atoms with Gasteiger partial charge in [-0.1, -0.05) is 12.1 Å². The van der Waals surface area contributed by atoms with Crippen LogP contribution in [0.2, 0.25) is 0 Å². The minimum absolute atomic E-state index is 0.0314. The Morgan fingerprint density at radius 1 is 1.27 bits per heavy atom. The highest BCUT2D eigenvalue weighted by Gasteiger charge is 2.25. The molecule has 26 heavy (non-hydrogen) atoms. The van der Waals surface area contributed by atoms with Gasteiger partial charge < -0.3 is 15.5 Å². The number of amides is 3. The lowest BCUT2D eigenvalue weighted by Crippen LogP contribution is -2.48. The van der Waals surface area contributed by atoms with Crippen molar-refractivity contribution >= 4 is 29.1 Å². The third-order valence-corrected chi connectivity index (χ3v) is 4.47. The van der Waals surface area contributed by atoms with Gasteiger partial charge in [0.05, 0.1) is 0 Å². The fraction of sp³-hybridized carbons (Fsp3) is 0.450. The summed E-state index contributed by atoms with van der Waals surface area (Å²) < 4.78 is 0. The second-order valence-corrected chi connectivity index (χ2v) is 7.24. The number of benzene rings is 1. The predicted octanol–water partition coefficient (Wildman–Crippen LogP) is 2.79. The van der Waals surface area contributed by atoms with Gasteiger partial charge in [0.25, 0.3) is 0 Å². The molecule has 3 amide bonds. The molecular weight excluding hydrogens is 330 g/mol. The summed E-state index contributed by atoms with van der Waals surface area (Å²) >= 11 is 0. The fourth-order valence-electron chi connectivity index (χ4n) is 3.06. The Morgan fingerprint density at radius 2 is 2.00 bits per heavy atom. The van der Waals surface area contributed by atoms with Crippen molar-refractivity contribution in [2.75, 3.05) is 16.8 Å². The van der Waals surface area contributed by atoms with Gasteiger partial charge in [-0.05, 0) is 57.2 Å². The number of nitrogens with zero attached hydrogens (tertiary/aromatic N) is 1. The number of hydrogen-bond acceptors (Lipinski definition) is 3. The Kier molecular flexibility index (Phi) is 6.18. The second kappa shape index (κ2) is 8.17. The molecule has 6 nitrogen and oxygen atoms in total. The average molecular weight is 357 g/mol. The average Bonchev–Trinajstić information content (AvgIpc) is 2.58. The van der Waals surface area contributed by atoms with Gasteiger partial charge in [0.15, 0.2) is 0 Å². The molecule has 140 valence electrons. The van der Waals surface area contributed by atoms with Crippen LogP contribution >= 0.6 is 0 Å². The minimum Gasteiger partial charge on any atom is -0.343 e. The number of anilines is 2. The van der Waals surface area contributed by atoms with Crippen molar-refractivity contribution in [3.63, 3.8) is 0 Å². The number of fused-ring (bicyclic) bond motifs is 1. The highest BCUT2D eigenvalue weighted by atomic mass is 16.2. The van der Waals surface area contributed by atoms with E-state index in [9.17, 15) is 14.4 Å². The zero-order valence-corrected chi connectivity index (χ0v) is 15.7. The number of allylic oxidation sites excluding steroid dienone is 1. The molecule has 0 bridgehead atoms. The third kappa shape index (κ3) is 4.94. The summed E-state index contributed by atoms with van der Waals surface area (Å²) in [6.07, 6.45) is 5.04. The van der Waals surface area contributed by atoms with Gasteiger partial charge in [-0.15, -0.1) is 6.58 Å². The van der Waals surface area contributed by atoms with Crippen LogP contribution in [0, 0.1) is 0 Å². The molecule has 1 aromatic rings. The number of rotatable bonds is 5. The van der Waals surface area contributed by atoms with Crippen molar-refractivity contribution in [1.82, 2.24) is 5.32 Å². The third-order valence-electron chi connectivity index (χ3n) is 4.47. The molecule has 1 heterocycles. The molecule has 0 unspecified atom stereocenters. The Hall–Kier alpha value is -2.63. The Labute approximate surface area is 154 Å². The molecule has 0 radical (unpaired) electrons. The number of hydrogen-bond donors (Lipinski definition) is 2. The number of carbonyl (C=O) groups excluding carboxylic acids is 3. The molecule has 0 saturated carbocycles. The lowest BCUT2D eigenvalue weighted by Gasteiger charge is -2.29. The summed E-state index contributed by atoms with van der Waals surface area (Å²) in [5, 5.41) is 5.36. The van der Waals surface area contributed by atoms with E-state index in [2.05, 4.69) is 17.2 Å². The molecule has 0 atom stereocenters. The summed E-state index contributed by atoms with van der Waals surface area (Å²) in [7, 11) is 0. The highest BCUT2D eigenvalue weighted by molar-refractivity contribution is 6.39. The van der Waals surface area contributed by atoms with E-state index in [4.69, 9.17) is 0 Å². The summed E-state index contributed by atoms with van der Waals surface area (Å²) in [6, 6.07) is 5.41. The second-order valence-electron chi connectivity index (χ2n) is 7.24. The summed E-state index contributed by atoms with van der Waals surface area (Å²) in [5.74, 6) is -1.43. The molecule has 6 heteroatoms. The van der Waals surface area contributed by atoms with E-state index < -0.39 is 17.4 Å². The molecule has 2 N–H and O–H groups in total. The Bertz CT molecular complexity index is 725. The van der Waals surface area contributed by atoms with Gasteiger partial charge >= 0.3 is 11.8 Å². The van der Waals surface area contributed by atoms with Gasteiger partial charge in [0.2, 0.25) is 5.91 Å². The summed E-state index contributed by atoms with van der Waals surface area (Å²) in [4.78, 5) is 37.9. The van der Waals surface area contributed by atoms with E-state index in [1.165, 1.54) is 6.92 Å². The first-order valence-electron chi connectivity index (χ1n) is 8.89. The van der Waals surface area contributed by atoms with E-state index in [0.29, 0.717) is 18.7 Å². The predicted molar refractivity (Wildman–Crippen MR) is 103 cm³/mol. The zero-order valence-electron chi connectivity index (χ0n) is 15.7. The van der Waals surface area contributed by atoms with Gasteiger partial charge in [0.1, 0.15) is 0 Å². The molecule has 0 aromatic heterocycles. The first-order chi connectivity index (χ1) is 12.2. The maximum atomic E-state index is 12.2. The molecule has 1 aromatic carbocycles. The van der Waals surface area contributed by atoms with Gasteiger partial charge in [-0.2, -0.15) is 0 Å². The van der Waals surface area contributed by atoms with Crippen molar-refractivity contribution in [3.05, 3.63) is 36.4 Å². The normalized spacial score (nSPS) is 13.6.